The minimum atomic E-state index is -4.53. The number of rotatable bonds is 3. The summed E-state index contributed by atoms with van der Waals surface area (Å²) in [5.74, 6) is 0. The van der Waals surface area contributed by atoms with E-state index in [4.69, 9.17) is 4.74 Å². The molecule has 1 rings (SSSR count). The van der Waals surface area contributed by atoms with Gasteiger partial charge >= 0.3 is 12.3 Å². The molecule has 0 aliphatic heterocycles. The zero-order valence-corrected chi connectivity index (χ0v) is 11.6. The first-order chi connectivity index (χ1) is 9.08. The monoisotopic (exact) mass is 289 g/mol. The first-order valence-electron chi connectivity index (χ1n) is 6.18. The molecule has 0 spiro atoms. The van der Waals surface area contributed by atoms with Crippen LogP contribution >= 0.6 is 0 Å². The van der Waals surface area contributed by atoms with Gasteiger partial charge in [-0.3, -0.25) is 0 Å². The highest BCUT2D eigenvalue weighted by Crippen LogP contribution is 2.23. The van der Waals surface area contributed by atoms with E-state index in [2.05, 4.69) is 0 Å². The number of alkyl halides is 3. The van der Waals surface area contributed by atoms with Gasteiger partial charge in [0.1, 0.15) is 11.6 Å². The highest BCUT2D eigenvalue weighted by Gasteiger charge is 2.41. The van der Waals surface area contributed by atoms with Crippen LogP contribution in [-0.4, -0.2) is 23.9 Å². The number of hydrogen-bond donors (Lipinski definition) is 1. The normalized spacial score (nSPS) is 13.7. The number of carbonyl (C=O) groups excluding carboxylic acids is 1. The highest BCUT2D eigenvalue weighted by molar-refractivity contribution is 5.68. The smallest absolute Gasteiger partial charge is 0.409 e. The van der Waals surface area contributed by atoms with Gasteiger partial charge in [-0.1, -0.05) is 30.3 Å². The molecule has 1 aromatic carbocycles. The second-order valence-electron chi connectivity index (χ2n) is 5.43. The molecule has 0 aromatic heterocycles. The number of amides is 1. The van der Waals surface area contributed by atoms with Crippen LogP contribution in [0, 0.1) is 0 Å². The van der Waals surface area contributed by atoms with Crippen LogP contribution in [0.3, 0.4) is 0 Å². The SMILES string of the molecule is CC(C)(C)OC(=O)N[C@H](Cc1ccccc1)C(F)(F)F. The zero-order valence-electron chi connectivity index (χ0n) is 11.6. The first-order valence-corrected chi connectivity index (χ1v) is 6.18. The van der Waals surface area contributed by atoms with E-state index in [1.807, 2.05) is 5.32 Å². The molecule has 1 amide bonds. The number of ether oxygens (including phenoxy) is 1. The molecule has 0 aliphatic rings. The van der Waals surface area contributed by atoms with Gasteiger partial charge in [0.2, 0.25) is 0 Å². The van der Waals surface area contributed by atoms with E-state index in [9.17, 15) is 18.0 Å². The van der Waals surface area contributed by atoms with Gasteiger partial charge in [0.15, 0.2) is 0 Å². The van der Waals surface area contributed by atoms with Crippen LogP contribution in [0.15, 0.2) is 30.3 Å². The van der Waals surface area contributed by atoms with Gasteiger partial charge in [-0.2, -0.15) is 13.2 Å². The van der Waals surface area contributed by atoms with Crippen molar-refractivity contribution in [3.8, 4) is 0 Å². The van der Waals surface area contributed by atoms with Crippen molar-refractivity contribution in [3.05, 3.63) is 35.9 Å². The lowest BCUT2D eigenvalue weighted by Gasteiger charge is -2.25. The highest BCUT2D eigenvalue weighted by atomic mass is 19.4. The van der Waals surface area contributed by atoms with Gasteiger partial charge in [0.05, 0.1) is 0 Å². The Bertz CT molecular complexity index is 438. The van der Waals surface area contributed by atoms with Gasteiger partial charge in [-0.05, 0) is 26.3 Å². The van der Waals surface area contributed by atoms with Crippen molar-refractivity contribution in [1.29, 1.82) is 0 Å². The standard InChI is InChI=1S/C14H18F3NO2/c1-13(2,3)20-12(19)18-11(14(15,16)17)9-10-7-5-4-6-8-10/h4-8,11H,9H2,1-3H3,(H,18,19)/t11-/m1/s1. The Morgan fingerprint density at radius 2 is 1.75 bits per heavy atom. The lowest BCUT2D eigenvalue weighted by molar-refractivity contribution is -0.154. The van der Waals surface area contributed by atoms with Gasteiger partial charge in [-0.15, -0.1) is 0 Å². The van der Waals surface area contributed by atoms with Crippen molar-refractivity contribution in [1.82, 2.24) is 5.32 Å². The van der Waals surface area contributed by atoms with E-state index in [-0.39, 0.29) is 6.42 Å². The number of carbonyl (C=O) groups is 1. The van der Waals surface area contributed by atoms with Gasteiger partial charge in [-0.25, -0.2) is 4.79 Å². The summed E-state index contributed by atoms with van der Waals surface area (Å²) < 4.78 is 43.6. The van der Waals surface area contributed by atoms with Crippen molar-refractivity contribution in [2.75, 3.05) is 0 Å². The lowest BCUT2D eigenvalue weighted by Crippen LogP contribution is -2.48. The minimum Gasteiger partial charge on any atom is -0.444 e. The molecule has 20 heavy (non-hydrogen) atoms. The fraction of sp³-hybridized carbons (Fsp3) is 0.500. The van der Waals surface area contributed by atoms with E-state index < -0.39 is 23.9 Å². The van der Waals surface area contributed by atoms with Crippen LogP contribution in [0.1, 0.15) is 26.3 Å². The molecular weight excluding hydrogens is 271 g/mol. The van der Waals surface area contributed by atoms with E-state index >= 15 is 0 Å². The summed E-state index contributed by atoms with van der Waals surface area (Å²) in [6.07, 6.45) is -5.94. The van der Waals surface area contributed by atoms with Gasteiger partial charge in [0, 0.05) is 6.42 Å². The van der Waals surface area contributed by atoms with E-state index in [0.717, 1.165) is 0 Å². The summed E-state index contributed by atoms with van der Waals surface area (Å²) in [5, 5.41) is 1.88. The van der Waals surface area contributed by atoms with Crippen molar-refractivity contribution in [2.45, 2.75) is 45.0 Å². The molecule has 0 fully saturated rings. The fourth-order valence-corrected chi connectivity index (χ4v) is 1.55. The molecule has 1 atom stereocenters. The number of benzene rings is 1. The fourth-order valence-electron chi connectivity index (χ4n) is 1.55. The second-order valence-corrected chi connectivity index (χ2v) is 5.43. The summed E-state index contributed by atoms with van der Waals surface area (Å²) in [6.45, 7) is 4.77. The van der Waals surface area contributed by atoms with Crippen LogP contribution in [0.25, 0.3) is 0 Å². The molecule has 1 aromatic rings. The Hall–Kier alpha value is -1.72. The van der Waals surface area contributed by atoms with Crippen LogP contribution in [0.4, 0.5) is 18.0 Å². The number of halogens is 3. The predicted molar refractivity (Wildman–Crippen MR) is 69.4 cm³/mol. The Labute approximate surface area is 116 Å². The topological polar surface area (TPSA) is 38.3 Å². The average molecular weight is 289 g/mol. The molecule has 0 radical (unpaired) electrons. The summed E-state index contributed by atoms with van der Waals surface area (Å²) in [4.78, 5) is 11.5. The van der Waals surface area contributed by atoms with Crippen molar-refractivity contribution >= 4 is 6.09 Å². The molecule has 1 N–H and O–H groups in total. The molecular formula is C14H18F3NO2. The third-order valence-electron chi connectivity index (χ3n) is 2.37. The quantitative estimate of drug-likeness (QED) is 0.921. The number of alkyl carbamates (subject to hydrolysis) is 1. The largest absolute Gasteiger partial charge is 0.444 e. The third kappa shape index (κ3) is 5.95. The summed E-state index contributed by atoms with van der Waals surface area (Å²) in [7, 11) is 0. The molecule has 0 heterocycles. The van der Waals surface area contributed by atoms with E-state index in [1.54, 1.807) is 51.1 Å². The maximum absolute atomic E-state index is 12.9. The summed E-state index contributed by atoms with van der Waals surface area (Å²) >= 11 is 0. The molecule has 0 aliphatic carbocycles. The van der Waals surface area contributed by atoms with Gasteiger partial charge < -0.3 is 10.1 Å². The molecule has 0 saturated heterocycles. The van der Waals surface area contributed by atoms with Crippen LogP contribution in [0.2, 0.25) is 0 Å². The first kappa shape index (κ1) is 16.3. The minimum absolute atomic E-state index is 0.330. The van der Waals surface area contributed by atoms with E-state index in [0.29, 0.717) is 5.56 Å². The number of nitrogens with one attached hydrogen (secondary N) is 1. The Morgan fingerprint density at radius 1 is 1.20 bits per heavy atom. The van der Waals surface area contributed by atoms with E-state index in [1.165, 1.54) is 0 Å². The Balaban J connectivity index is 2.74. The average Bonchev–Trinajstić information content (AvgIpc) is 2.25. The zero-order chi connectivity index (χ0) is 15.4. The second kappa shape index (κ2) is 6.15. The molecule has 3 nitrogen and oxygen atoms in total. The van der Waals surface area contributed by atoms with Crippen LogP contribution in [0.5, 0.6) is 0 Å². The molecule has 0 saturated carbocycles. The third-order valence-corrected chi connectivity index (χ3v) is 2.37. The number of hydrogen-bond acceptors (Lipinski definition) is 2. The Kier molecular flexibility index (Phi) is 5.03. The summed E-state index contributed by atoms with van der Waals surface area (Å²) in [5.41, 5.74) is -0.349. The molecule has 112 valence electrons. The van der Waals surface area contributed by atoms with Crippen molar-refractivity contribution in [3.63, 3.8) is 0 Å². The molecule has 6 heteroatoms. The molecule has 0 unspecified atom stereocenters. The maximum atomic E-state index is 12.9. The van der Waals surface area contributed by atoms with Gasteiger partial charge in [0.25, 0.3) is 0 Å². The molecule has 0 bridgehead atoms. The van der Waals surface area contributed by atoms with Crippen molar-refractivity contribution in [2.24, 2.45) is 0 Å². The summed E-state index contributed by atoms with van der Waals surface area (Å²) in [6, 6.07) is 6.20. The Morgan fingerprint density at radius 3 is 2.20 bits per heavy atom. The predicted octanol–water partition coefficient (Wildman–Crippen LogP) is 3.68. The van der Waals surface area contributed by atoms with Crippen LogP contribution < -0.4 is 5.32 Å². The lowest BCUT2D eigenvalue weighted by atomic mass is 10.1. The maximum Gasteiger partial charge on any atom is 0.409 e. The van der Waals surface area contributed by atoms with Crippen molar-refractivity contribution < 1.29 is 22.7 Å². The van der Waals surface area contributed by atoms with Crippen LogP contribution in [-0.2, 0) is 11.2 Å².